The maximum Gasteiger partial charge on any atom is 0.435 e. The molecular formula is C21H18ClF3N4O5S. The van der Waals surface area contributed by atoms with E-state index in [1.54, 1.807) is 19.9 Å². The van der Waals surface area contributed by atoms with Gasteiger partial charge in [0.05, 0.1) is 17.7 Å². The number of nitrogens with zero attached hydrogens (tertiary/aromatic N) is 4. The number of pyridine rings is 1. The first-order valence-corrected chi connectivity index (χ1v) is 11.9. The van der Waals surface area contributed by atoms with Gasteiger partial charge < -0.3 is 9.47 Å². The highest BCUT2D eigenvalue weighted by atomic mass is 35.5. The minimum Gasteiger partial charge on any atom is -0.497 e. The van der Waals surface area contributed by atoms with Crippen LogP contribution >= 0.6 is 11.6 Å². The summed E-state index contributed by atoms with van der Waals surface area (Å²) in [5, 5.41) is 3.71. The molecular weight excluding hydrogens is 513 g/mol. The van der Waals surface area contributed by atoms with Gasteiger partial charge in [0.1, 0.15) is 10.6 Å². The van der Waals surface area contributed by atoms with E-state index in [1.165, 1.54) is 31.5 Å². The molecule has 0 aliphatic carbocycles. The molecule has 0 N–H and O–H groups in total. The summed E-state index contributed by atoms with van der Waals surface area (Å²) in [4.78, 5) is 16.8. The SMILES string of the molecule is COc1cc(C(C)C)c2c(c1)S(=O)(=O)N(COc1cc(C(F)(F)F)nn1-c1ccc(Cl)cn1)C2=O. The fourth-order valence-electron chi connectivity index (χ4n) is 3.48. The zero-order valence-corrected chi connectivity index (χ0v) is 20.1. The molecule has 2 aromatic heterocycles. The Morgan fingerprint density at radius 2 is 1.89 bits per heavy atom. The van der Waals surface area contributed by atoms with Crippen LogP contribution in [-0.4, -0.2) is 47.2 Å². The molecule has 14 heteroatoms. The Balaban J connectivity index is 1.72. The molecule has 9 nitrogen and oxygen atoms in total. The van der Waals surface area contributed by atoms with Gasteiger partial charge in [-0.15, -0.1) is 0 Å². The predicted molar refractivity (Wildman–Crippen MR) is 117 cm³/mol. The van der Waals surface area contributed by atoms with Gasteiger partial charge in [0.25, 0.3) is 15.9 Å². The predicted octanol–water partition coefficient (Wildman–Crippen LogP) is 4.25. The number of aromatic nitrogens is 3. The van der Waals surface area contributed by atoms with Crippen molar-refractivity contribution in [3.8, 4) is 17.4 Å². The van der Waals surface area contributed by atoms with Crippen LogP contribution in [0.5, 0.6) is 11.6 Å². The summed E-state index contributed by atoms with van der Waals surface area (Å²) in [6, 6.07) is 6.06. The number of alkyl halides is 3. The van der Waals surface area contributed by atoms with Crippen molar-refractivity contribution >= 4 is 27.5 Å². The number of ether oxygens (including phenoxy) is 2. The summed E-state index contributed by atoms with van der Waals surface area (Å²) in [6.45, 7) is 2.67. The van der Waals surface area contributed by atoms with E-state index in [2.05, 4.69) is 10.1 Å². The average Bonchev–Trinajstić information content (AvgIpc) is 3.30. The fourth-order valence-corrected chi connectivity index (χ4v) is 5.06. The first kappa shape index (κ1) is 24.8. The second kappa shape index (κ2) is 8.72. The maximum absolute atomic E-state index is 13.3. The molecule has 0 atom stereocenters. The van der Waals surface area contributed by atoms with E-state index in [9.17, 15) is 26.4 Å². The molecule has 0 saturated heterocycles. The molecule has 0 fully saturated rings. The molecule has 1 aliphatic rings. The number of amides is 1. The molecule has 1 aromatic carbocycles. The van der Waals surface area contributed by atoms with Crippen LogP contribution in [-0.2, 0) is 16.2 Å². The van der Waals surface area contributed by atoms with Crippen molar-refractivity contribution in [3.63, 3.8) is 0 Å². The number of hydrogen-bond acceptors (Lipinski definition) is 7. The molecule has 35 heavy (non-hydrogen) atoms. The second-order valence-corrected chi connectivity index (χ2v) is 10.1. The first-order valence-electron chi connectivity index (χ1n) is 10.1. The zero-order valence-electron chi connectivity index (χ0n) is 18.5. The minimum atomic E-state index is -4.82. The Morgan fingerprint density at radius 3 is 2.46 bits per heavy atom. The third-order valence-electron chi connectivity index (χ3n) is 5.20. The van der Waals surface area contributed by atoms with Crippen LogP contribution in [0.4, 0.5) is 13.2 Å². The summed E-state index contributed by atoms with van der Waals surface area (Å²) >= 11 is 5.79. The summed E-state index contributed by atoms with van der Waals surface area (Å²) < 4.78 is 78.0. The third kappa shape index (κ3) is 4.41. The van der Waals surface area contributed by atoms with Gasteiger partial charge in [-0.2, -0.15) is 27.3 Å². The van der Waals surface area contributed by atoms with Crippen LogP contribution in [0.3, 0.4) is 0 Å². The Hall–Kier alpha value is -3.32. The minimum absolute atomic E-state index is 0.0340. The van der Waals surface area contributed by atoms with Crippen molar-refractivity contribution in [2.24, 2.45) is 0 Å². The van der Waals surface area contributed by atoms with E-state index in [0.717, 1.165) is 4.68 Å². The lowest BCUT2D eigenvalue weighted by Gasteiger charge is -2.16. The van der Waals surface area contributed by atoms with Crippen LogP contribution in [0.25, 0.3) is 5.82 Å². The van der Waals surface area contributed by atoms with Crippen LogP contribution in [0.1, 0.15) is 41.4 Å². The largest absolute Gasteiger partial charge is 0.497 e. The summed E-state index contributed by atoms with van der Waals surface area (Å²) in [5.74, 6) is -1.38. The molecule has 3 aromatic rings. The van der Waals surface area contributed by atoms with Gasteiger partial charge in [-0.3, -0.25) is 4.79 Å². The topological polar surface area (TPSA) is 104 Å². The molecule has 0 unspecified atom stereocenters. The van der Waals surface area contributed by atoms with Gasteiger partial charge in [0.2, 0.25) is 5.88 Å². The van der Waals surface area contributed by atoms with Gasteiger partial charge in [0.15, 0.2) is 18.2 Å². The van der Waals surface area contributed by atoms with Crippen LogP contribution in [0.15, 0.2) is 41.4 Å². The number of rotatable bonds is 6. The van der Waals surface area contributed by atoms with Crippen LogP contribution in [0.2, 0.25) is 5.02 Å². The van der Waals surface area contributed by atoms with Gasteiger partial charge in [-0.05, 0) is 29.7 Å². The summed E-state index contributed by atoms with van der Waals surface area (Å²) in [5.41, 5.74) is -0.881. The maximum atomic E-state index is 13.3. The first-order chi connectivity index (χ1) is 16.3. The number of fused-ring (bicyclic) bond motifs is 1. The lowest BCUT2D eigenvalue weighted by atomic mass is 9.96. The molecule has 1 amide bonds. The van der Waals surface area contributed by atoms with Gasteiger partial charge in [-0.25, -0.2) is 13.4 Å². The number of carbonyl (C=O) groups excluding carboxylic acids is 1. The highest BCUT2D eigenvalue weighted by Crippen LogP contribution is 2.39. The van der Waals surface area contributed by atoms with Gasteiger partial charge >= 0.3 is 6.18 Å². The Kier molecular flexibility index (Phi) is 6.18. The number of methoxy groups -OCH3 is 1. The molecule has 0 spiro atoms. The molecule has 0 bridgehead atoms. The highest BCUT2D eigenvalue weighted by molar-refractivity contribution is 7.90. The molecule has 4 rings (SSSR count). The zero-order chi connectivity index (χ0) is 25.7. The van der Waals surface area contributed by atoms with Gasteiger partial charge in [-0.1, -0.05) is 25.4 Å². The number of sulfonamides is 1. The number of benzene rings is 1. The Labute approximate surface area is 203 Å². The average molecular weight is 531 g/mol. The highest BCUT2D eigenvalue weighted by Gasteiger charge is 2.44. The molecule has 3 heterocycles. The van der Waals surface area contributed by atoms with Crippen LogP contribution in [0, 0.1) is 0 Å². The van der Waals surface area contributed by atoms with Crippen molar-refractivity contribution in [2.75, 3.05) is 13.8 Å². The third-order valence-corrected chi connectivity index (χ3v) is 7.15. The van der Waals surface area contributed by atoms with E-state index >= 15 is 0 Å². The normalized spacial score (nSPS) is 15.0. The molecule has 186 valence electrons. The fraction of sp³-hybridized carbons (Fsp3) is 0.286. The molecule has 0 saturated carbocycles. The number of carbonyl (C=O) groups is 1. The van der Waals surface area contributed by atoms with Crippen molar-refractivity contribution in [2.45, 2.75) is 30.8 Å². The van der Waals surface area contributed by atoms with Crippen molar-refractivity contribution in [3.05, 3.63) is 58.4 Å². The van der Waals surface area contributed by atoms with E-state index in [-0.39, 0.29) is 33.0 Å². The Morgan fingerprint density at radius 1 is 1.17 bits per heavy atom. The lowest BCUT2D eigenvalue weighted by Crippen LogP contribution is -2.34. The molecule has 0 radical (unpaired) electrons. The Bertz CT molecular complexity index is 1410. The van der Waals surface area contributed by atoms with Crippen molar-refractivity contribution < 1.29 is 35.9 Å². The number of hydrogen-bond donors (Lipinski definition) is 0. The summed E-state index contributed by atoms with van der Waals surface area (Å²) in [7, 11) is -3.00. The van der Waals surface area contributed by atoms with Crippen molar-refractivity contribution in [1.82, 2.24) is 19.1 Å². The smallest absolute Gasteiger partial charge is 0.435 e. The van der Waals surface area contributed by atoms with E-state index < -0.39 is 40.4 Å². The van der Waals surface area contributed by atoms with Gasteiger partial charge in [0, 0.05) is 18.3 Å². The van der Waals surface area contributed by atoms with Crippen molar-refractivity contribution in [1.29, 1.82) is 0 Å². The lowest BCUT2D eigenvalue weighted by molar-refractivity contribution is -0.141. The van der Waals surface area contributed by atoms with E-state index in [1.807, 2.05) is 0 Å². The number of halogens is 4. The van der Waals surface area contributed by atoms with E-state index in [0.29, 0.717) is 15.9 Å². The quantitative estimate of drug-likeness (QED) is 0.469. The monoisotopic (exact) mass is 530 g/mol. The molecule has 1 aliphatic heterocycles. The summed E-state index contributed by atoms with van der Waals surface area (Å²) in [6.07, 6.45) is -3.62. The van der Waals surface area contributed by atoms with E-state index in [4.69, 9.17) is 21.1 Å². The second-order valence-electron chi connectivity index (χ2n) is 7.79. The standard InChI is InChI=1S/C21H18ClF3N4O5S/c1-11(2)14-6-13(33-3)7-15-19(14)20(30)28(35(15,31)32)10-34-18-8-16(21(23,24)25)27-29(18)17-5-4-12(22)9-26-17/h4-9,11H,10H2,1-3H3. The van der Waals surface area contributed by atoms with Crippen LogP contribution < -0.4 is 9.47 Å².